The number of rotatable bonds is 3. The minimum absolute atomic E-state index is 0.0833. The molecule has 0 aliphatic carbocycles. The summed E-state index contributed by atoms with van der Waals surface area (Å²) in [5, 5.41) is 10.4. The molecule has 0 saturated carbocycles. The average Bonchev–Trinajstić information content (AvgIpc) is 2.87. The van der Waals surface area contributed by atoms with E-state index in [-0.39, 0.29) is 11.9 Å². The monoisotopic (exact) mass is 222 g/mol. The third kappa shape index (κ3) is 2.41. The SMILES string of the molecule is CC(NC(=O)c1ccn(C)n1)C1CCNC1. The summed E-state index contributed by atoms with van der Waals surface area (Å²) in [6.07, 6.45) is 2.90. The van der Waals surface area contributed by atoms with Crippen LogP contribution in [-0.2, 0) is 7.05 Å². The second-order valence-corrected chi connectivity index (χ2v) is 4.39. The molecule has 0 spiro atoms. The number of carbonyl (C=O) groups is 1. The summed E-state index contributed by atoms with van der Waals surface area (Å²) in [6, 6.07) is 1.93. The molecule has 2 unspecified atom stereocenters. The predicted molar refractivity (Wildman–Crippen MR) is 61.1 cm³/mol. The van der Waals surface area contributed by atoms with Gasteiger partial charge in [0.25, 0.3) is 5.91 Å². The van der Waals surface area contributed by atoms with Crippen molar-refractivity contribution in [2.75, 3.05) is 13.1 Å². The van der Waals surface area contributed by atoms with Gasteiger partial charge in [-0.1, -0.05) is 0 Å². The van der Waals surface area contributed by atoms with Crippen LogP contribution in [0.3, 0.4) is 0 Å². The summed E-state index contributed by atoms with van der Waals surface area (Å²) in [5.74, 6) is 0.452. The number of nitrogens with one attached hydrogen (secondary N) is 2. The zero-order chi connectivity index (χ0) is 11.5. The van der Waals surface area contributed by atoms with E-state index < -0.39 is 0 Å². The zero-order valence-electron chi connectivity index (χ0n) is 9.73. The van der Waals surface area contributed by atoms with Crippen molar-refractivity contribution in [3.05, 3.63) is 18.0 Å². The van der Waals surface area contributed by atoms with Gasteiger partial charge in [0.05, 0.1) is 0 Å². The molecule has 1 saturated heterocycles. The second kappa shape index (κ2) is 4.65. The van der Waals surface area contributed by atoms with Gasteiger partial charge in [-0.2, -0.15) is 5.10 Å². The summed E-state index contributed by atoms with van der Waals surface area (Å²) >= 11 is 0. The Bertz CT molecular complexity index is 368. The normalized spacial score (nSPS) is 22.0. The van der Waals surface area contributed by atoms with Crippen LogP contribution in [0.2, 0.25) is 0 Å². The standard InChI is InChI=1S/C11H18N4O/c1-8(9-3-5-12-7-9)13-11(16)10-4-6-15(2)14-10/h4,6,8-9,12H,3,5,7H2,1-2H3,(H,13,16). The summed E-state index contributed by atoms with van der Waals surface area (Å²) < 4.78 is 1.64. The number of carbonyl (C=O) groups excluding carboxylic acids is 1. The van der Waals surface area contributed by atoms with Gasteiger partial charge in [-0.05, 0) is 38.4 Å². The van der Waals surface area contributed by atoms with E-state index in [9.17, 15) is 4.79 Å². The highest BCUT2D eigenvalue weighted by molar-refractivity contribution is 5.92. The predicted octanol–water partition coefficient (Wildman–Crippen LogP) is 0.148. The molecular formula is C11H18N4O. The smallest absolute Gasteiger partial charge is 0.271 e. The molecule has 1 aliphatic rings. The van der Waals surface area contributed by atoms with Crippen LogP contribution in [-0.4, -0.2) is 34.8 Å². The van der Waals surface area contributed by atoms with Crippen molar-refractivity contribution in [3.63, 3.8) is 0 Å². The molecule has 0 bridgehead atoms. The first-order chi connectivity index (χ1) is 7.66. The molecule has 16 heavy (non-hydrogen) atoms. The minimum atomic E-state index is -0.0833. The van der Waals surface area contributed by atoms with Gasteiger partial charge in [-0.3, -0.25) is 9.48 Å². The summed E-state index contributed by atoms with van der Waals surface area (Å²) in [7, 11) is 1.81. The van der Waals surface area contributed by atoms with E-state index in [1.54, 1.807) is 24.0 Å². The van der Waals surface area contributed by atoms with Crippen molar-refractivity contribution in [1.29, 1.82) is 0 Å². The summed E-state index contributed by atoms with van der Waals surface area (Å²) in [5.41, 5.74) is 0.486. The topological polar surface area (TPSA) is 59.0 Å². The lowest BCUT2D eigenvalue weighted by atomic mass is 10.0. The first kappa shape index (κ1) is 11.1. The molecule has 1 amide bonds. The fourth-order valence-electron chi connectivity index (χ4n) is 2.04. The van der Waals surface area contributed by atoms with Gasteiger partial charge in [0.15, 0.2) is 0 Å². The van der Waals surface area contributed by atoms with Gasteiger partial charge in [0, 0.05) is 19.3 Å². The lowest BCUT2D eigenvalue weighted by Gasteiger charge is -2.19. The van der Waals surface area contributed by atoms with Crippen LogP contribution in [0, 0.1) is 5.92 Å². The van der Waals surface area contributed by atoms with Gasteiger partial charge in [0.2, 0.25) is 0 Å². The van der Waals surface area contributed by atoms with Crippen LogP contribution in [0.25, 0.3) is 0 Å². The third-order valence-corrected chi connectivity index (χ3v) is 3.11. The maximum absolute atomic E-state index is 11.8. The molecule has 1 fully saturated rings. The van der Waals surface area contributed by atoms with Crippen LogP contribution in [0.15, 0.2) is 12.3 Å². The van der Waals surface area contributed by atoms with E-state index in [4.69, 9.17) is 0 Å². The van der Waals surface area contributed by atoms with Crippen molar-refractivity contribution in [1.82, 2.24) is 20.4 Å². The highest BCUT2D eigenvalue weighted by atomic mass is 16.2. The van der Waals surface area contributed by atoms with E-state index in [1.165, 1.54) is 0 Å². The molecular weight excluding hydrogens is 204 g/mol. The fourth-order valence-corrected chi connectivity index (χ4v) is 2.04. The second-order valence-electron chi connectivity index (χ2n) is 4.39. The Hall–Kier alpha value is -1.36. The largest absolute Gasteiger partial charge is 0.348 e. The molecule has 5 nitrogen and oxygen atoms in total. The molecule has 1 aliphatic heterocycles. The summed E-state index contributed by atoms with van der Waals surface area (Å²) in [6.45, 7) is 4.09. The Morgan fingerprint density at radius 1 is 1.75 bits per heavy atom. The van der Waals surface area contributed by atoms with Crippen molar-refractivity contribution in [3.8, 4) is 0 Å². The lowest BCUT2D eigenvalue weighted by molar-refractivity contribution is 0.0923. The molecule has 2 heterocycles. The van der Waals surface area contributed by atoms with Gasteiger partial charge in [0.1, 0.15) is 5.69 Å². The molecule has 1 aromatic rings. The number of nitrogens with zero attached hydrogens (tertiary/aromatic N) is 2. The Labute approximate surface area is 95.2 Å². The van der Waals surface area contributed by atoms with Crippen LogP contribution in [0.5, 0.6) is 0 Å². The highest BCUT2D eigenvalue weighted by Gasteiger charge is 2.23. The van der Waals surface area contributed by atoms with Gasteiger partial charge >= 0.3 is 0 Å². The number of hydrogen-bond donors (Lipinski definition) is 2. The third-order valence-electron chi connectivity index (χ3n) is 3.11. The van der Waals surface area contributed by atoms with Crippen molar-refractivity contribution >= 4 is 5.91 Å². The van der Waals surface area contributed by atoms with Crippen molar-refractivity contribution in [2.45, 2.75) is 19.4 Å². The van der Waals surface area contributed by atoms with E-state index in [0.717, 1.165) is 19.5 Å². The molecule has 1 aromatic heterocycles. The first-order valence-electron chi connectivity index (χ1n) is 5.68. The number of amides is 1. The Morgan fingerprint density at radius 3 is 3.12 bits per heavy atom. The van der Waals surface area contributed by atoms with Crippen LogP contribution in [0.4, 0.5) is 0 Å². The number of aromatic nitrogens is 2. The molecule has 88 valence electrons. The molecule has 2 atom stereocenters. The molecule has 5 heteroatoms. The van der Waals surface area contributed by atoms with Gasteiger partial charge in [-0.25, -0.2) is 0 Å². The van der Waals surface area contributed by atoms with E-state index in [2.05, 4.69) is 22.7 Å². The molecule has 2 rings (SSSR count). The maximum Gasteiger partial charge on any atom is 0.271 e. The fraction of sp³-hybridized carbons (Fsp3) is 0.636. The van der Waals surface area contributed by atoms with Gasteiger partial charge in [-0.15, -0.1) is 0 Å². The lowest BCUT2D eigenvalue weighted by Crippen LogP contribution is -2.39. The van der Waals surface area contributed by atoms with E-state index in [0.29, 0.717) is 11.6 Å². The number of hydrogen-bond acceptors (Lipinski definition) is 3. The Morgan fingerprint density at radius 2 is 2.56 bits per heavy atom. The molecule has 0 radical (unpaired) electrons. The van der Waals surface area contributed by atoms with Crippen LogP contribution in [0.1, 0.15) is 23.8 Å². The zero-order valence-corrected chi connectivity index (χ0v) is 9.73. The van der Waals surface area contributed by atoms with Crippen LogP contribution >= 0.6 is 0 Å². The van der Waals surface area contributed by atoms with Crippen molar-refractivity contribution < 1.29 is 4.79 Å². The Kier molecular flexibility index (Phi) is 3.24. The maximum atomic E-state index is 11.8. The highest BCUT2D eigenvalue weighted by Crippen LogP contribution is 2.12. The van der Waals surface area contributed by atoms with E-state index in [1.807, 2.05) is 0 Å². The first-order valence-corrected chi connectivity index (χ1v) is 5.68. The number of aryl methyl sites for hydroxylation is 1. The van der Waals surface area contributed by atoms with Crippen LogP contribution < -0.4 is 10.6 Å². The van der Waals surface area contributed by atoms with Gasteiger partial charge < -0.3 is 10.6 Å². The quantitative estimate of drug-likeness (QED) is 0.765. The Balaban J connectivity index is 1.91. The summed E-state index contributed by atoms with van der Waals surface area (Å²) in [4.78, 5) is 11.8. The minimum Gasteiger partial charge on any atom is -0.348 e. The molecule has 0 aromatic carbocycles. The molecule has 2 N–H and O–H groups in total. The average molecular weight is 222 g/mol. The van der Waals surface area contributed by atoms with E-state index >= 15 is 0 Å². The van der Waals surface area contributed by atoms with Crippen molar-refractivity contribution in [2.24, 2.45) is 13.0 Å².